The fourth-order valence-corrected chi connectivity index (χ4v) is 2.24. The number of nitrogens with two attached hydrogens (primary N) is 1. The van der Waals surface area contributed by atoms with E-state index in [1.54, 1.807) is 12.3 Å². The van der Waals surface area contributed by atoms with E-state index in [0.29, 0.717) is 17.4 Å². The van der Waals surface area contributed by atoms with E-state index >= 15 is 0 Å². The zero-order valence-corrected chi connectivity index (χ0v) is 9.62. The van der Waals surface area contributed by atoms with Crippen LogP contribution in [0.1, 0.15) is 31.7 Å². The van der Waals surface area contributed by atoms with Crippen molar-refractivity contribution in [2.75, 3.05) is 11.4 Å². The maximum absolute atomic E-state index is 14.0. The van der Waals surface area contributed by atoms with Crippen molar-refractivity contribution in [2.45, 2.75) is 38.8 Å². The van der Waals surface area contributed by atoms with E-state index in [-0.39, 0.29) is 12.4 Å². The molecule has 0 aliphatic carbocycles. The van der Waals surface area contributed by atoms with Crippen molar-refractivity contribution >= 4 is 5.82 Å². The van der Waals surface area contributed by atoms with Gasteiger partial charge in [-0.3, -0.25) is 0 Å². The van der Waals surface area contributed by atoms with Crippen LogP contribution in [0.5, 0.6) is 0 Å². The lowest BCUT2D eigenvalue weighted by Crippen LogP contribution is -2.38. The van der Waals surface area contributed by atoms with Gasteiger partial charge in [0.15, 0.2) is 11.6 Å². The van der Waals surface area contributed by atoms with Gasteiger partial charge in [0, 0.05) is 30.9 Å². The highest BCUT2D eigenvalue weighted by molar-refractivity contribution is 5.44. The van der Waals surface area contributed by atoms with Crippen LogP contribution in [-0.4, -0.2) is 17.6 Å². The van der Waals surface area contributed by atoms with E-state index in [4.69, 9.17) is 5.73 Å². The number of piperidine rings is 1. The SMILES string of the molecule is CC1CCCCN1c1nccc(CN)c1F. The molecule has 4 heteroatoms. The summed E-state index contributed by atoms with van der Waals surface area (Å²) in [6.07, 6.45) is 5.07. The Morgan fingerprint density at radius 1 is 1.56 bits per heavy atom. The molecule has 2 N–H and O–H groups in total. The van der Waals surface area contributed by atoms with Crippen molar-refractivity contribution in [3.63, 3.8) is 0 Å². The molecular weight excluding hydrogens is 205 g/mol. The Kier molecular flexibility index (Phi) is 3.39. The van der Waals surface area contributed by atoms with Crippen molar-refractivity contribution in [3.05, 3.63) is 23.6 Å². The molecule has 0 spiro atoms. The van der Waals surface area contributed by atoms with Crippen LogP contribution in [0.3, 0.4) is 0 Å². The third-order valence-corrected chi connectivity index (χ3v) is 3.25. The largest absolute Gasteiger partial charge is 0.351 e. The first-order chi connectivity index (χ1) is 7.74. The zero-order valence-electron chi connectivity index (χ0n) is 9.62. The third kappa shape index (κ3) is 2.02. The summed E-state index contributed by atoms with van der Waals surface area (Å²) in [6, 6.07) is 2.01. The highest BCUT2D eigenvalue weighted by atomic mass is 19.1. The topological polar surface area (TPSA) is 42.2 Å². The Morgan fingerprint density at radius 2 is 2.38 bits per heavy atom. The Morgan fingerprint density at radius 3 is 3.06 bits per heavy atom. The monoisotopic (exact) mass is 223 g/mol. The first kappa shape index (κ1) is 11.3. The molecule has 3 nitrogen and oxygen atoms in total. The number of hydrogen-bond acceptors (Lipinski definition) is 3. The summed E-state index contributed by atoms with van der Waals surface area (Å²) in [5.41, 5.74) is 6.04. The van der Waals surface area contributed by atoms with E-state index < -0.39 is 0 Å². The summed E-state index contributed by atoms with van der Waals surface area (Å²) in [4.78, 5) is 6.21. The maximum atomic E-state index is 14.0. The highest BCUT2D eigenvalue weighted by Crippen LogP contribution is 2.26. The fourth-order valence-electron chi connectivity index (χ4n) is 2.24. The molecule has 16 heavy (non-hydrogen) atoms. The average Bonchev–Trinajstić information content (AvgIpc) is 2.31. The fraction of sp³-hybridized carbons (Fsp3) is 0.583. The second-order valence-corrected chi connectivity index (χ2v) is 4.35. The Balaban J connectivity index is 2.31. The van der Waals surface area contributed by atoms with E-state index in [1.165, 1.54) is 6.42 Å². The number of halogens is 1. The lowest BCUT2D eigenvalue weighted by molar-refractivity contribution is 0.469. The molecule has 0 bridgehead atoms. The van der Waals surface area contributed by atoms with Gasteiger partial charge >= 0.3 is 0 Å². The van der Waals surface area contributed by atoms with Gasteiger partial charge in [0.05, 0.1) is 0 Å². The van der Waals surface area contributed by atoms with Gasteiger partial charge in [-0.25, -0.2) is 9.37 Å². The van der Waals surface area contributed by atoms with Crippen molar-refractivity contribution < 1.29 is 4.39 Å². The summed E-state index contributed by atoms with van der Waals surface area (Å²) >= 11 is 0. The minimum Gasteiger partial charge on any atom is -0.351 e. The minimum absolute atomic E-state index is 0.226. The van der Waals surface area contributed by atoms with Gasteiger partial charge in [-0.1, -0.05) is 0 Å². The van der Waals surface area contributed by atoms with Crippen LogP contribution in [0.15, 0.2) is 12.3 Å². The number of nitrogens with zero attached hydrogens (tertiary/aromatic N) is 2. The van der Waals surface area contributed by atoms with Gasteiger partial charge in [-0.2, -0.15) is 0 Å². The molecule has 88 valence electrons. The predicted molar refractivity (Wildman–Crippen MR) is 62.7 cm³/mol. The van der Waals surface area contributed by atoms with Gasteiger partial charge in [0.1, 0.15) is 0 Å². The average molecular weight is 223 g/mol. The van der Waals surface area contributed by atoms with E-state index in [2.05, 4.69) is 16.8 Å². The molecule has 1 aromatic heterocycles. The van der Waals surface area contributed by atoms with Gasteiger partial charge in [0.2, 0.25) is 0 Å². The van der Waals surface area contributed by atoms with E-state index in [0.717, 1.165) is 19.4 Å². The maximum Gasteiger partial charge on any atom is 0.170 e. The summed E-state index contributed by atoms with van der Waals surface area (Å²) in [5, 5.41) is 0. The number of hydrogen-bond donors (Lipinski definition) is 1. The van der Waals surface area contributed by atoms with Gasteiger partial charge in [-0.05, 0) is 32.3 Å². The van der Waals surface area contributed by atoms with E-state index in [1.807, 2.05) is 0 Å². The summed E-state index contributed by atoms with van der Waals surface area (Å²) in [7, 11) is 0. The van der Waals surface area contributed by atoms with Crippen molar-refractivity contribution in [3.8, 4) is 0 Å². The smallest absolute Gasteiger partial charge is 0.170 e. The van der Waals surface area contributed by atoms with Crippen LogP contribution >= 0.6 is 0 Å². The Labute approximate surface area is 95.5 Å². The van der Waals surface area contributed by atoms with Gasteiger partial charge in [0.25, 0.3) is 0 Å². The predicted octanol–water partition coefficient (Wildman–Crippen LogP) is 2.06. The minimum atomic E-state index is -0.251. The number of pyridine rings is 1. The molecule has 0 radical (unpaired) electrons. The third-order valence-electron chi connectivity index (χ3n) is 3.25. The first-order valence-electron chi connectivity index (χ1n) is 5.84. The first-order valence-corrected chi connectivity index (χ1v) is 5.84. The summed E-state index contributed by atoms with van der Waals surface area (Å²) in [5.74, 6) is 0.217. The molecule has 1 aliphatic heterocycles. The standard InChI is InChI=1S/C12H18FN3/c1-9-4-2-3-7-16(9)12-11(13)10(8-14)5-6-15-12/h5-6,9H,2-4,7-8,14H2,1H3. The second kappa shape index (κ2) is 4.78. The molecule has 1 unspecified atom stereocenters. The molecule has 1 fully saturated rings. The molecule has 2 rings (SSSR count). The molecule has 2 heterocycles. The number of rotatable bonds is 2. The number of anilines is 1. The molecule has 1 atom stereocenters. The van der Waals surface area contributed by atoms with Crippen LogP contribution in [-0.2, 0) is 6.54 Å². The van der Waals surface area contributed by atoms with Crippen LogP contribution < -0.4 is 10.6 Å². The molecule has 0 aromatic carbocycles. The Hall–Kier alpha value is -1.16. The summed E-state index contributed by atoms with van der Waals surface area (Å²) < 4.78 is 14.0. The van der Waals surface area contributed by atoms with Crippen molar-refractivity contribution in [1.29, 1.82) is 0 Å². The van der Waals surface area contributed by atoms with Gasteiger partial charge in [-0.15, -0.1) is 0 Å². The van der Waals surface area contributed by atoms with Crippen LogP contribution in [0, 0.1) is 5.82 Å². The van der Waals surface area contributed by atoms with Crippen LogP contribution in [0.25, 0.3) is 0 Å². The second-order valence-electron chi connectivity index (χ2n) is 4.35. The lowest BCUT2D eigenvalue weighted by atomic mass is 10.0. The molecule has 1 saturated heterocycles. The molecule has 0 amide bonds. The van der Waals surface area contributed by atoms with Crippen molar-refractivity contribution in [2.24, 2.45) is 5.73 Å². The lowest BCUT2D eigenvalue weighted by Gasteiger charge is -2.34. The van der Waals surface area contributed by atoms with Crippen molar-refractivity contribution in [1.82, 2.24) is 4.98 Å². The normalized spacial score (nSPS) is 21.2. The van der Waals surface area contributed by atoms with E-state index in [9.17, 15) is 4.39 Å². The summed E-state index contributed by atoms with van der Waals surface area (Å²) in [6.45, 7) is 3.23. The quantitative estimate of drug-likeness (QED) is 0.834. The molecular formula is C12H18FN3. The molecule has 1 aliphatic rings. The Bertz CT molecular complexity index is 367. The number of aromatic nitrogens is 1. The highest BCUT2D eigenvalue weighted by Gasteiger charge is 2.23. The van der Waals surface area contributed by atoms with Crippen LogP contribution in [0.2, 0.25) is 0 Å². The van der Waals surface area contributed by atoms with Gasteiger partial charge < -0.3 is 10.6 Å². The van der Waals surface area contributed by atoms with Crippen LogP contribution in [0.4, 0.5) is 10.2 Å². The zero-order chi connectivity index (χ0) is 11.5. The molecule has 0 saturated carbocycles. The molecule has 1 aromatic rings.